The predicted molar refractivity (Wildman–Crippen MR) is 60.1 cm³/mol. The Bertz CT molecular complexity index is 155. The fraction of sp³-hybridized carbons (Fsp3) is 1.00. The Hall–Kier alpha value is -0.160. The summed E-state index contributed by atoms with van der Waals surface area (Å²) < 4.78 is 11.2. The first-order chi connectivity index (χ1) is 7.33. The monoisotopic (exact) mass is 216 g/mol. The van der Waals surface area contributed by atoms with Crippen LogP contribution in [0.25, 0.3) is 0 Å². The Kier molecular flexibility index (Phi) is 6.17. The lowest BCUT2D eigenvalue weighted by atomic mass is 9.98. The third-order valence-electron chi connectivity index (χ3n) is 3.06. The normalized spacial score (nSPS) is 20.0. The van der Waals surface area contributed by atoms with E-state index < -0.39 is 0 Å². The third kappa shape index (κ3) is 3.72. The minimum atomic E-state index is -0.201. The Morgan fingerprint density at radius 1 is 1.20 bits per heavy atom. The van der Waals surface area contributed by atoms with Crippen molar-refractivity contribution in [3.63, 3.8) is 0 Å². The number of hydrogen-bond donors (Lipinski definition) is 2. The van der Waals surface area contributed by atoms with Gasteiger partial charge in [-0.05, 0) is 32.6 Å². The molecule has 1 aliphatic rings. The van der Waals surface area contributed by atoms with Crippen LogP contribution in [0.1, 0.15) is 39.5 Å². The van der Waals surface area contributed by atoms with Gasteiger partial charge in [0.05, 0.1) is 6.04 Å². The van der Waals surface area contributed by atoms with Crippen LogP contribution in [0.2, 0.25) is 0 Å². The third-order valence-corrected chi connectivity index (χ3v) is 3.06. The van der Waals surface area contributed by atoms with Crippen molar-refractivity contribution in [2.24, 2.45) is 11.8 Å². The second kappa shape index (κ2) is 7.17. The molecule has 0 aliphatic heterocycles. The summed E-state index contributed by atoms with van der Waals surface area (Å²) in [5, 5.41) is 0. The fourth-order valence-electron chi connectivity index (χ4n) is 2.34. The molecule has 1 atom stereocenters. The summed E-state index contributed by atoms with van der Waals surface area (Å²) in [5.41, 5.74) is 2.86. The zero-order valence-corrected chi connectivity index (χ0v) is 9.87. The van der Waals surface area contributed by atoms with Crippen LogP contribution in [0, 0.1) is 5.92 Å². The van der Waals surface area contributed by atoms with Gasteiger partial charge in [0.1, 0.15) is 0 Å². The van der Waals surface area contributed by atoms with Crippen LogP contribution in [0.4, 0.5) is 0 Å². The van der Waals surface area contributed by atoms with Crippen molar-refractivity contribution >= 4 is 0 Å². The second-order valence-electron chi connectivity index (χ2n) is 4.02. The van der Waals surface area contributed by atoms with Crippen molar-refractivity contribution in [2.75, 3.05) is 13.2 Å². The van der Waals surface area contributed by atoms with Gasteiger partial charge in [0, 0.05) is 13.2 Å². The number of ether oxygens (including phenoxy) is 2. The Labute approximate surface area is 92.5 Å². The largest absolute Gasteiger partial charge is 0.351 e. The molecule has 1 saturated carbocycles. The maximum absolute atomic E-state index is 5.60. The molecule has 0 amide bonds. The van der Waals surface area contributed by atoms with Crippen LogP contribution in [-0.4, -0.2) is 25.5 Å². The predicted octanol–water partition coefficient (Wildman–Crippen LogP) is 1.41. The molecule has 4 nitrogen and oxygen atoms in total. The highest BCUT2D eigenvalue weighted by Crippen LogP contribution is 2.29. The van der Waals surface area contributed by atoms with Gasteiger partial charge in [-0.2, -0.15) is 0 Å². The summed E-state index contributed by atoms with van der Waals surface area (Å²) in [7, 11) is 0. The molecule has 0 aromatic heterocycles. The number of hydrogen-bond acceptors (Lipinski definition) is 4. The SMILES string of the molecule is CCOC(OCC)C(NN)C1CCCC1. The van der Waals surface area contributed by atoms with Gasteiger partial charge < -0.3 is 9.47 Å². The molecule has 0 saturated heterocycles. The molecule has 3 N–H and O–H groups in total. The zero-order chi connectivity index (χ0) is 11.1. The van der Waals surface area contributed by atoms with E-state index in [0.717, 1.165) is 0 Å². The highest BCUT2D eigenvalue weighted by atomic mass is 16.7. The van der Waals surface area contributed by atoms with Crippen molar-refractivity contribution in [3.8, 4) is 0 Å². The molecule has 0 spiro atoms. The van der Waals surface area contributed by atoms with Gasteiger partial charge in [0.25, 0.3) is 0 Å². The van der Waals surface area contributed by atoms with E-state index in [0.29, 0.717) is 19.1 Å². The van der Waals surface area contributed by atoms with E-state index >= 15 is 0 Å². The highest BCUT2D eigenvalue weighted by Gasteiger charge is 2.31. The van der Waals surface area contributed by atoms with Gasteiger partial charge in [-0.25, -0.2) is 0 Å². The summed E-state index contributed by atoms with van der Waals surface area (Å²) in [6, 6.07) is 0.132. The smallest absolute Gasteiger partial charge is 0.174 e. The first-order valence-electron chi connectivity index (χ1n) is 6.02. The van der Waals surface area contributed by atoms with Gasteiger partial charge in [0.2, 0.25) is 0 Å². The lowest BCUT2D eigenvalue weighted by molar-refractivity contribution is -0.162. The number of rotatable bonds is 7. The topological polar surface area (TPSA) is 56.5 Å². The van der Waals surface area contributed by atoms with Crippen LogP contribution in [0.15, 0.2) is 0 Å². The lowest BCUT2D eigenvalue weighted by Crippen LogP contribution is -2.50. The first kappa shape index (κ1) is 12.9. The average molecular weight is 216 g/mol. The molecular formula is C11H24N2O2. The maximum atomic E-state index is 5.60. The molecule has 4 heteroatoms. The molecule has 1 aliphatic carbocycles. The number of nitrogens with two attached hydrogens (primary N) is 1. The quantitative estimate of drug-likeness (QED) is 0.384. The van der Waals surface area contributed by atoms with E-state index in [1.54, 1.807) is 0 Å². The Morgan fingerprint density at radius 2 is 1.73 bits per heavy atom. The number of hydrazine groups is 1. The zero-order valence-electron chi connectivity index (χ0n) is 9.87. The molecule has 0 aromatic carbocycles. The van der Waals surface area contributed by atoms with E-state index in [2.05, 4.69) is 5.43 Å². The number of nitrogens with one attached hydrogen (secondary N) is 1. The average Bonchev–Trinajstić information content (AvgIpc) is 2.73. The maximum Gasteiger partial charge on any atom is 0.174 e. The van der Waals surface area contributed by atoms with Crippen molar-refractivity contribution in [1.29, 1.82) is 0 Å². The van der Waals surface area contributed by atoms with E-state index in [-0.39, 0.29) is 12.3 Å². The molecule has 0 radical (unpaired) electrons. The Balaban J connectivity index is 2.50. The molecule has 0 bridgehead atoms. The fourth-order valence-corrected chi connectivity index (χ4v) is 2.34. The van der Waals surface area contributed by atoms with E-state index in [9.17, 15) is 0 Å². The van der Waals surface area contributed by atoms with E-state index in [1.165, 1.54) is 25.7 Å². The minimum absolute atomic E-state index is 0.132. The van der Waals surface area contributed by atoms with Crippen LogP contribution < -0.4 is 11.3 Å². The molecule has 1 rings (SSSR count). The van der Waals surface area contributed by atoms with Gasteiger partial charge in [0.15, 0.2) is 6.29 Å². The molecular weight excluding hydrogens is 192 g/mol. The minimum Gasteiger partial charge on any atom is -0.351 e. The van der Waals surface area contributed by atoms with Gasteiger partial charge in [-0.1, -0.05) is 12.8 Å². The van der Waals surface area contributed by atoms with Crippen LogP contribution in [-0.2, 0) is 9.47 Å². The van der Waals surface area contributed by atoms with Crippen molar-refractivity contribution in [3.05, 3.63) is 0 Å². The molecule has 90 valence electrons. The van der Waals surface area contributed by atoms with Crippen LogP contribution >= 0.6 is 0 Å². The molecule has 0 heterocycles. The summed E-state index contributed by atoms with van der Waals surface area (Å²) >= 11 is 0. The van der Waals surface area contributed by atoms with Crippen LogP contribution in [0.3, 0.4) is 0 Å². The molecule has 1 unspecified atom stereocenters. The Morgan fingerprint density at radius 3 is 2.13 bits per heavy atom. The lowest BCUT2D eigenvalue weighted by Gasteiger charge is -2.30. The van der Waals surface area contributed by atoms with E-state index in [1.807, 2.05) is 13.8 Å². The highest BCUT2D eigenvalue weighted by molar-refractivity contribution is 4.81. The standard InChI is InChI=1S/C11H24N2O2/c1-3-14-11(15-4-2)10(13-12)9-7-5-6-8-9/h9-11,13H,3-8,12H2,1-2H3. The van der Waals surface area contributed by atoms with Crippen molar-refractivity contribution in [1.82, 2.24) is 5.43 Å². The van der Waals surface area contributed by atoms with E-state index in [4.69, 9.17) is 15.3 Å². The molecule has 0 aromatic rings. The summed E-state index contributed by atoms with van der Waals surface area (Å²) in [4.78, 5) is 0. The van der Waals surface area contributed by atoms with Gasteiger partial charge >= 0.3 is 0 Å². The van der Waals surface area contributed by atoms with Crippen LogP contribution in [0.5, 0.6) is 0 Å². The first-order valence-corrected chi connectivity index (χ1v) is 6.02. The summed E-state index contributed by atoms with van der Waals surface area (Å²) in [6.45, 7) is 5.29. The molecule has 1 fully saturated rings. The van der Waals surface area contributed by atoms with Gasteiger partial charge in [-0.3, -0.25) is 11.3 Å². The molecule has 15 heavy (non-hydrogen) atoms. The van der Waals surface area contributed by atoms with Gasteiger partial charge in [-0.15, -0.1) is 0 Å². The summed E-state index contributed by atoms with van der Waals surface area (Å²) in [6.07, 6.45) is 4.85. The van der Waals surface area contributed by atoms with Crippen molar-refractivity contribution in [2.45, 2.75) is 51.9 Å². The van der Waals surface area contributed by atoms with Crippen molar-refractivity contribution < 1.29 is 9.47 Å². The summed E-state index contributed by atoms with van der Waals surface area (Å²) in [5.74, 6) is 6.20. The second-order valence-corrected chi connectivity index (χ2v) is 4.02.